The van der Waals surface area contributed by atoms with E-state index in [1.807, 2.05) is 6.08 Å². The Hall–Kier alpha value is -0.0100. The molecule has 2 saturated heterocycles. The Morgan fingerprint density at radius 1 is 1.32 bits per heavy atom. The molecule has 0 amide bonds. The number of halogens is 2. The molecular formula is C15H20BrClO2. The maximum Gasteiger partial charge on any atom is 0.0856 e. The van der Waals surface area contributed by atoms with Crippen LogP contribution in [0.2, 0.25) is 0 Å². The molecule has 0 unspecified atom stereocenters. The molecule has 2 aliphatic heterocycles. The van der Waals surface area contributed by atoms with Crippen LogP contribution in [0.1, 0.15) is 32.6 Å². The summed E-state index contributed by atoms with van der Waals surface area (Å²) in [6, 6.07) is 0. The molecule has 0 spiro atoms. The van der Waals surface area contributed by atoms with Crippen LogP contribution in [0, 0.1) is 12.3 Å². The first-order valence-electron chi connectivity index (χ1n) is 6.85. The minimum absolute atomic E-state index is 0.00643. The molecule has 106 valence electrons. The number of alkyl halides is 2. The van der Waals surface area contributed by atoms with Crippen LogP contribution in [0.25, 0.3) is 0 Å². The maximum absolute atomic E-state index is 6.41. The lowest BCUT2D eigenvalue weighted by atomic mass is 9.91. The van der Waals surface area contributed by atoms with Crippen molar-refractivity contribution in [1.29, 1.82) is 0 Å². The Kier molecular flexibility index (Phi) is 5.77. The van der Waals surface area contributed by atoms with E-state index in [9.17, 15) is 0 Å². The summed E-state index contributed by atoms with van der Waals surface area (Å²) in [6.45, 7) is 2.15. The van der Waals surface area contributed by atoms with E-state index in [0.29, 0.717) is 4.83 Å². The fraction of sp³-hybridized carbons (Fsp3) is 0.733. The Morgan fingerprint density at radius 3 is 2.68 bits per heavy atom. The third-order valence-electron chi connectivity index (χ3n) is 3.82. The van der Waals surface area contributed by atoms with Crippen molar-refractivity contribution in [3.63, 3.8) is 0 Å². The van der Waals surface area contributed by atoms with Gasteiger partial charge in [-0.3, -0.25) is 0 Å². The molecule has 0 aromatic rings. The van der Waals surface area contributed by atoms with Crippen molar-refractivity contribution >= 4 is 27.5 Å². The zero-order valence-corrected chi connectivity index (χ0v) is 13.4. The lowest BCUT2D eigenvalue weighted by Gasteiger charge is -2.45. The molecule has 0 radical (unpaired) electrons. The Morgan fingerprint density at radius 2 is 2.00 bits per heavy atom. The van der Waals surface area contributed by atoms with Crippen molar-refractivity contribution in [2.75, 3.05) is 0 Å². The summed E-state index contributed by atoms with van der Waals surface area (Å²) in [6.07, 6.45) is 13.1. The molecule has 2 rings (SSSR count). The summed E-state index contributed by atoms with van der Waals surface area (Å²) in [4.78, 5) is 0.368. The molecule has 0 saturated carbocycles. The number of fused-ring (bicyclic) bond motifs is 1. The third-order valence-corrected chi connectivity index (χ3v) is 5.24. The number of hydrogen-bond donors (Lipinski definition) is 0. The lowest BCUT2D eigenvalue weighted by Crippen LogP contribution is -2.53. The number of terminal acetylenes is 1. The summed E-state index contributed by atoms with van der Waals surface area (Å²) in [5, 5.41) is -0.00643. The fourth-order valence-electron chi connectivity index (χ4n) is 2.78. The summed E-state index contributed by atoms with van der Waals surface area (Å²) in [5.74, 6) is 2.49. The van der Waals surface area contributed by atoms with Gasteiger partial charge in [-0.05, 0) is 31.8 Å². The Balaban J connectivity index is 1.95. The van der Waals surface area contributed by atoms with Gasteiger partial charge in [0, 0.05) is 4.83 Å². The van der Waals surface area contributed by atoms with Crippen LogP contribution in [0.3, 0.4) is 0 Å². The molecule has 2 fully saturated rings. The molecule has 0 N–H and O–H groups in total. The van der Waals surface area contributed by atoms with Gasteiger partial charge >= 0.3 is 0 Å². The minimum atomic E-state index is -0.00643. The molecule has 2 aliphatic rings. The summed E-state index contributed by atoms with van der Waals surface area (Å²) in [7, 11) is 0. The van der Waals surface area contributed by atoms with Crippen LogP contribution in [0.15, 0.2) is 12.2 Å². The van der Waals surface area contributed by atoms with Crippen LogP contribution < -0.4 is 0 Å². The van der Waals surface area contributed by atoms with Crippen molar-refractivity contribution in [3.05, 3.63) is 12.2 Å². The molecule has 2 heterocycles. The largest absolute Gasteiger partial charge is 0.371 e. The number of hydrogen-bond acceptors (Lipinski definition) is 2. The van der Waals surface area contributed by atoms with Gasteiger partial charge in [-0.1, -0.05) is 34.9 Å². The van der Waals surface area contributed by atoms with Crippen molar-refractivity contribution < 1.29 is 9.47 Å². The van der Waals surface area contributed by atoms with Crippen molar-refractivity contribution in [2.45, 2.75) is 67.2 Å². The van der Waals surface area contributed by atoms with E-state index in [2.05, 4.69) is 28.8 Å². The van der Waals surface area contributed by atoms with E-state index < -0.39 is 0 Å². The third kappa shape index (κ3) is 3.76. The second-order valence-electron chi connectivity index (χ2n) is 5.14. The Labute approximate surface area is 129 Å². The first-order chi connectivity index (χ1) is 9.15. The summed E-state index contributed by atoms with van der Waals surface area (Å²) < 4.78 is 12.2. The number of rotatable bonds is 3. The second-order valence-corrected chi connectivity index (χ2v) is 6.88. The standard InChI is InChI=1S/C15H20BrClO2/c1-3-5-6-7-13-11(17)9-15-14(19-13)8-10(16)12(4-2)18-15/h1,5-6,10-15H,4,7-9H2,2H3/b6-5+/t10-,11+,12+,13+,14-,15-/m1/s1. The van der Waals surface area contributed by atoms with E-state index >= 15 is 0 Å². The monoisotopic (exact) mass is 346 g/mol. The van der Waals surface area contributed by atoms with Gasteiger partial charge in [0.1, 0.15) is 0 Å². The average Bonchev–Trinajstić information content (AvgIpc) is 2.39. The second kappa shape index (κ2) is 7.13. The molecule has 4 heteroatoms. The molecule has 0 bridgehead atoms. The Bertz CT molecular complexity index is 366. The lowest BCUT2D eigenvalue weighted by molar-refractivity contribution is -0.181. The molecule has 0 aromatic carbocycles. The first kappa shape index (κ1) is 15.4. The van der Waals surface area contributed by atoms with Gasteiger partial charge in [-0.2, -0.15) is 0 Å². The van der Waals surface area contributed by atoms with Gasteiger partial charge in [-0.25, -0.2) is 0 Å². The van der Waals surface area contributed by atoms with Gasteiger partial charge in [0.15, 0.2) is 0 Å². The van der Waals surface area contributed by atoms with Gasteiger partial charge in [-0.15, -0.1) is 18.0 Å². The van der Waals surface area contributed by atoms with E-state index in [0.717, 1.165) is 25.7 Å². The van der Waals surface area contributed by atoms with Gasteiger partial charge in [0.2, 0.25) is 0 Å². The van der Waals surface area contributed by atoms with Crippen LogP contribution in [0.4, 0.5) is 0 Å². The fourth-order valence-corrected chi connectivity index (χ4v) is 3.99. The molecule has 19 heavy (non-hydrogen) atoms. The average molecular weight is 348 g/mol. The smallest absolute Gasteiger partial charge is 0.0856 e. The van der Waals surface area contributed by atoms with E-state index in [1.54, 1.807) is 6.08 Å². The quantitative estimate of drug-likeness (QED) is 0.573. The number of ether oxygens (including phenoxy) is 2. The SMILES string of the molecule is C#C/C=C/C[C@@H]1O[C@@H]2C[C@@H](Br)[C@H](CC)O[C@@H]2C[C@@H]1Cl. The minimum Gasteiger partial charge on any atom is -0.371 e. The zero-order valence-electron chi connectivity index (χ0n) is 11.1. The van der Waals surface area contributed by atoms with Gasteiger partial charge < -0.3 is 9.47 Å². The van der Waals surface area contributed by atoms with Crippen LogP contribution in [-0.4, -0.2) is 34.6 Å². The van der Waals surface area contributed by atoms with E-state index in [1.165, 1.54) is 0 Å². The summed E-state index contributed by atoms with van der Waals surface area (Å²) in [5.41, 5.74) is 0. The molecule has 0 aliphatic carbocycles. The molecule has 2 nitrogen and oxygen atoms in total. The topological polar surface area (TPSA) is 18.5 Å². The molecule has 0 aromatic heterocycles. The van der Waals surface area contributed by atoms with E-state index in [4.69, 9.17) is 27.5 Å². The van der Waals surface area contributed by atoms with Crippen LogP contribution >= 0.6 is 27.5 Å². The maximum atomic E-state index is 6.41. The molecule has 6 atom stereocenters. The highest BCUT2D eigenvalue weighted by Crippen LogP contribution is 2.37. The van der Waals surface area contributed by atoms with Crippen molar-refractivity contribution in [1.82, 2.24) is 0 Å². The van der Waals surface area contributed by atoms with Gasteiger partial charge in [0.05, 0.1) is 29.8 Å². The zero-order chi connectivity index (χ0) is 13.8. The van der Waals surface area contributed by atoms with Gasteiger partial charge in [0.25, 0.3) is 0 Å². The first-order valence-corrected chi connectivity index (χ1v) is 8.21. The van der Waals surface area contributed by atoms with E-state index in [-0.39, 0.29) is 29.8 Å². The normalized spacial score (nSPS) is 42.8. The predicted molar refractivity (Wildman–Crippen MR) is 81.8 cm³/mol. The van der Waals surface area contributed by atoms with Crippen LogP contribution in [0.5, 0.6) is 0 Å². The predicted octanol–water partition coefficient (Wildman–Crippen LogP) is 3.66. The number of allylic oxidation sites excluding steroid dienone is 1. The highest BCUT2D eigenvalue weighted by Gasteiger charge is 2.43. The van der Waals surface area contributed by atoms with Crippen LogP contribution in [-0.2, 0) is 9.47 Å². The summed E-state index contributed by atoms with van der Waals surface area (Å²) >= 11 is 10.1. The van der Waals surface area contributed by atoms with Crippen molar-refractivity contribution in [2.24, 2.45) is 0 Å². The van der Waals surface area contributed by atoms with Crippen molar-refractivity contribution in [3.8, 4) is 12.3 Å². The molecular weight excluding hydrogens is 328 g/mol. The highest BCUT2D eigenvalue weighted by molar-refractivity contribution is 9.09. The highest BCUT2D eigenvalue weighted by atomic mass is 79.9.